The van der Waals surface area contributed by atoms with Crippen molar-refractivity contribution in [3.05, 3.63) is 101 Å². The highest BCUT2D eigenvalue weighted by Crippen LogP contribution is 2.45. The number of anilines is 2. The maximum absolute atomic E-state index is 14.2. The molecule has 2 aromatic heterocycles. The van der Waals surface area contributed by atoms with E-state index in [4.69, 9.17) is 21.7 Å². The third kappa shape index (κ3) is 5.15. The summed E-state index contributed by atoms with van der Waals surface area (Å²) in [7, 11) is 3.01. The number of hydrogen-bond donors (Lipinski definition) is 2. The number of hydrogen-bond acceptors (Lipinski definition) is 5. The van der Waals surface area contributed by atoms with Crippen molar-refractivity contribution < 1.29 is 18.7 Å². The van der Waals surface area contributed by atoms with E-state index in [1.165, 1.54) is 19.2 Å². The third-order valence-electron chi connectivity index (χ3n) is 6.96. The molecule has 40 heavy (non-hydrogen) atoms. The van der Waals surface area contributed by atoms with Crippen molar-refractivity contribution >= 4 is 34.6 Å². The molecule has 4 aromatic rings. The Labute approximate surface area is 237 Å². The summed E-state index contributed by atoms with van der Waals surface area (Å²) in [5.74, 6) is -0.0976. The number of thiocarbonyl (C=S) groups is 1. The first-order valence-electron chi connectivity index (χ1n) is 12.7. The minimum Gasteiger partial charge on any atom is -0.495 e. The van der Waals surface area contributed by atoms with Gasteiger partial charge in [0.1, 0.15) is 18.2 Å². The molecule has 206 valence electrons. The first-order valence-corrected chi connectivity index (χ1v) is 13.2. The summed E-state index contributed by atoms with van der Waals surface area (Å²) in [6.45, 7) is 3.93. The number of ether oxygens (including phenoxy) is 2. The number of pyridine rings is 1. The van der Waals surface area contributed by atoms with E-state index in [0.29, 0.717) is 16.5 Å². The van der Waals surface area contributed by atoms with E-state index in [1.807, 2.05) is 59.7 Å². The van der Waals surface area contributed by atoms with E-state index >= 15 is 0 Å². The zero-order valence-corrected chi connectivity index (χ0v) is 23.5. The van der Waals surface area contributed by atoms with E-state index in [0.717, 1.165) is 34.0 Å². The largest absolute Gasteiger partial charge is 0.495 e. The highest BCUT2D eigenvalue weighted by atomic mass is 32.1. The fraction of sp³-hybridized carbons (Fsp3) is 0.233. The normalized spacial score (nSPS) is 16.6. The molecule has 1 saturated heterocycles. The molecule has 0 aliphatic carbocycles. The number of carbonyl (C=O) groups excluding carboxylic acids is 1. The first kappa shape index (κ1) is 27.3. The van der Waals surface area contributed by atoms with Gasteiger partial charge in [-0.1, -0.05) is 12.1 Å². The summed E-state index contributed by atoms with van der Waals surface area (Å²) in [6.07, 6.45) is 1.76. The fourth-order valence-electron chi connectivity index (χ4n) is 5.31. The van der Waals surface area contributed by atoms with Crippen LogP contribution in [0, 0.1) is 19.7 Å². The van der Waals surface area contributed by atoms with Crippen LogP contribution in [0.25, 0.3) is 5.69 Å². The molecular formula is C30H30FN5O3S. The number of rotatable bonds is 8. The minimum absolute atomic E-state index is 0.0898. The number of amides is 1. The highest BCUT2D eigenvalue weighted by Gasteiger charge is 2.42. The van der Waals surface area contributed by atoms with Gasteiger partial charge in [-0.2, -0.15) is 0 Å². The van der Waals surface area contributed by atoms with Crippen LogP contribution in [0.15, 0.2) is 72.9 Å². The van der Waals surface area contributed by atoms with Crippen molar-refractivity contribution in [2.45, 2.75) is 25.9 Å². The Bertz CT molecular complexity index is 1560. The van der Waals surface area contributed by atoms with E-state index in [-0.39, 0.29) is 30.4 Å². The van der Waals surface area contributed by atoms with Gasteiger partial charge >= 0.3 is 0 Å². The SMILES string of the molecule is COCC(=O)Nc1cc(N2C(=S)N[C@@H](c3ccccn3)[C@@H]2c2cc(C)n(-c3cccc(F)c3)c2C)ccc1OC. The summed E-state index contributed by atoms with van der Waals surface area (Å²) < 4.78 is 26.7. The molecule has 10 heteroatoms. The molecule has 2 N–H and O–H groups in total. The molecule has 1 aliphatic heterocycles. The Kier molecular flexibility index (Phi) is 7.81. The summed E-state index contributed by atoms with van der Waals surface area (Å²) in [5, 5.41) is 6.84. The molecule has 0 unspecified atom stereocenters. The van der Waals surface area contributed by atoms with Crippen LogP contribution in [0.4, 0.5) is 15.8 Å². The smallest absolute Gasteiger partial charge is 0.250 e. The van der Waals surface area contributed by atoms with Gasteiger partial charge < -0.3 is 29.6 Å². The predicted octanol–water partition coefficient (Wildman–Crippen LogP) is 5.40. The summed E-state index contributed by atoms with van der Waals surface area (Å²) >= 11 is 5.90. The van der Waals surface area contributed by atoms with Crippen molar-refractivity contribution in [3.63, 3.8) is 0 Å². The number of aryl methyl sites for hydroxylation is 1. The number of nitrogens with one attached hydrogen (secondary N) is 2. The van der Waals surface area contributed by atoms with Crippen molar-refractivity contribution in [2.75, 3.05) is 31.0 Å². The molecule has 3 heterocycles. The third-order valence-corrected chi connectivity index (χ3v) is 7.28. The van der Waals surface area contributed by atoms with Gasteiger partial charge in [0.05, 0.1) is 30.6 Å². The van der Waals surface area contributed by atoms with E-state index in [9.17, 15) is 9.18 Å². The number of benzene rings is 2. The lowest BCUT2D eigenvalue weighted by molar-refractivity contribution is -0.119. The number of carbonyl (C=O) groups is 1. The Balaban J connectivity index is 1.65. The number of aromatic nitrogens is 2. The lowest BCUT2D eigenvalue weighted by Crippen LogP contribution is -2.29. The monoisotopic (exact) mass is 559 g/mol. The van der Waals surface area contributed by atoms with Gasteiger partial charge in [-0.15, -0.1) is 0 Å². The Morgan fingerprint density at radius 2 is 1.90 bits per heavy atom. The number of methoxy groups -OCH3 is 2. The standard InChI is InChI=1S/C30H30FN5O3S/c1-18-14-23(19(2)35(18)21-9-7-8-20(31)15-21)29-28(24-10-5-6-13-32-24)34-30(40)36(29)22-11-12-26(39-4)25(16-22)33-27(37)17-38-3/h5-16,28-29H,17H2,1-4H3,(H,33,37)(H,34,40)/t28-,29-/m0/s1. The Morgan fingerprint density at radius 1 is 1.07 bits per heavy atom. The molecule has 2 atom stereocenters. The van der Waals surface area contributed by atoms with Crippen LogP contribution in [0.2, 0.25) is 0 Å². The first-order chi connectivity index (χ1) is 19.3. The topological polar surface area (TPSA) is 80.7 Å². The van der Waals surface area contributed by atoms with Crippen LogP contribution < -0.4 is 20.3 Å². The van der Waals surface area contributed by atoms with Crippen LogP contribution in [-0.4, -0.2) is 41.4 Å². The fourth-order valence-corrected chi connectivity index (χ4v) is 5.66. The Morgan fingerprint density at radius 3 is 2.60 bits per heavy atom. The molecule has 1 fully saturated rings. The van der Waals surface area contributed by atoms with Crippen molar-refractivity contribution in [1.82, 2.24) is 14.9 Å². The second kappa shape index (κ2) is 11.4. The van der Waals surface area contributed by atoms with Crippen LogP contribution in [-0.2, 0) is 9.53 Å². The van der Waals surface area contributed by atoms with E-state index in [1.54, 1.807) is 25.4 Å². The van der Waals surface area contributed by atoms with Gasteiger partial charge in [0.2, 0.25) is 5.91 Å². The van der Waals surface area contributed by atoms with E-state index < -0.39 is 0 Å². The van der Waals surface area contributed by atoms with Crippen LogP contribution >= 0.6 is 12.2 Å². The molecular weight excluding hydrogens is 529 g/mol. The van der Waals surface area contributed by atoms with Gasteiger partial charge in [-0.25, -0.2) is 4.39 Å². The number of nitrogens with zero attached hydrogens (tertiary/aromatic N) is 3. The van der Waals surface area contributed by atoms with Crippen molar-refractivity contribution in [2.24, 2.45) is 0 Å². The molecule has 0 saturated carbocycles. The molecule has 5 rings (SSSR count). The summed E-state index contributed by atoms with van der Waals surface area (Å²) in [6, 6.07) is 19.4. The molecule has 8 nitrogen and oxygen atoms in total. The Hall–Kier alpha value is -4.28. The average molecular weight is 560 g/mol. The minimum atomic E-state index is -0.304. The van der Waals surface area contributed by atoms with E-state index in [2.05, 4.69) is 21.7 Å². The second-order valence-electron chi connectivity index (χ2n) is 9.50. The average Bonchev–Trinajstić information content (AvgIpc) is 3.44. The lowest BCUT2D eigenvalue weighted by Gasteiger charge is -2.29. The van der Waals surface area contributed by atoms with Crippen molar-refractivity contribution in [3.8, 4) is 11.4 Å². The van der Waals surface area contributed by atoms with Gasteiger partial charge in [-0.3, -0.25) is 9.78 Å². The molecule has 0 spiro atoms. The van der Waals surface area contributed by atoms with Gasteiger partial charge in [0.25, 0.3) is 0 Å². The zero-order chi connectivity index (χ0) is 28.4. The molecule has 2 aromatic carbocycles. The van der Waals surface area contributed by atoms with Gasteiger partial charge in [0, 0.05) is 36.1 Å². The molecule has 0 bridgehead atoms. The zero-order valence-electron chi connectivity index (χ0n) is 22.6. The van der Waals surface area contributed by atoms with Gasteiger partial charge in [-0.05, 0) is 86.2 Å². The lowest BCUT2D eigenvalue weighted by atomic mass is 9.96. The van der Waals surface area contributed by atoms with Crippen LogP contribution in [0.5, 0.6) is 5.75 Å². The highest BCUT2D eigenvalue weighted by molar-refractivity contribution is 7.80. The second-order valence-corrected chi connectivity index (χ2v) is 9.89. The predicted molar refractivity (Wildman–Crippen MR) is 157 cm³/mol. The molecule has 0 radical (unpaired) electrons. The number of halogens is 1. The van der Waals surface area contributed by atoms with Gasteiger partial charge in [0.15, 0.2) is 5.11 Å². The molecule has 1 amide bonds. The molecule has 1 aliphatic rings. The summed E-state index contributed by atoms with van der Waals surface area (Å²) in [5.41, 5.74) is 5.73. The van der Waals surface area contributed by atoms with Crippen LogP contribution in [0.3, 0.4) is 0 Å². The maximum Gasteiger partial charge on any atom is 0.250 e. The quantitative estimate of drug-likeness (QED) is 0.280. The maximum atomic E-state index is 14.2. The van der Waals surface area contributed by atoms with Crippen molar-refractivity contribution in [1.29, 1.82) is 0 Å². The summed E-state index contributed by atoms with van der Waals surface area (Å²) in [4.78, 5) is 19.0. The van der Waals surface area contributed by atoms with Crippen LogP contribution in [0.1, 0.15) is 34.7 Å².